The van der Waals surface area contributed by atoms with Gasteiger partial charge in [-0.1, -0.05) is 152 Å². The number of nitrogens with one attached hydrogen (secondary N) is 1. The van der Waals surface area contributed by atoms with Crippen molar-refractivity contribution in [1.29, 1.82) is 0 Å². The average molecular weight is 620 g/mol. The second-order valence-electron chi connectivity index (χ2n) is 12.2. The monoisotopic (exact) mass is 620 g/mol. The zero-order valence-corrected chi connectivity index (χ0v) is 28.4. The molecule has 0 radical (unpaired) electrons. The van der Waals surface area contributed by atoms with E-state index >= 15 is 0 Å². The van der Waals surface area contributed by atoms with E-state index in [1.165, 1.54) is 57.8 Å². The summed E-state index contributed by atoms with van der Waals surface area (Å²) in [7, 11) is 0. The van der Waals surface area contributed by atoms with Gasteiger partial charge in [0.2, 0.25) is 5.91 Å². The molecule has 256 valence electrons. The molecule has 0 aromatic heterocycles. The number of unbranched alkanes of at least 4 members (excludes halogenated alkanes) is 13. The molecule has 0 aromatic rings. The lowest BCUT2D eigenvalue weighted by molar-refractivity contribution is -0.124. The molecule has 5 N–H and O–H groups in total. The third-order valence-corrected chi connectivity index (χ3v) is 8.01. The lowest BCUT2D eigenvalue weighted by Crippen LogP contribution is -2.50. The van der Waals surface area contributed by atoms with Gasteiger partial charge in [0.1, 0.15) is 6.10 Å². The summed E-state index contributed by atoms with van der Waals surface area (Å²) in [5, 5.41) is 43.0. The molecule has 0 saturated heterocycles. The highest BCUT2D eigenvalue weighted by molar-refractivity contribution is 5.76. The van der Waals surface area contributed by atoms with Crippen LogP contribution in [-0.4, -0.2) is 57.3 Å². The summed E-state index contributed by atoms with van der Waals surface area (Å²) in [4.78, 5) is 12.3. The largest absolute Gasteiger partial charge is 0.394 e. The van der Waals surface area contributed by atoms with Gasteiger partial charge in [0.25, 0.3) is 0 Å². The Kier molecular flexibility index (Phi) is 31.4. The van der Waals surface area contributed by atoms with Crippen molar-refractivity contribution in [3.8, 4) is 0 Å². The van der Waals surface area contributed by atoms with Crippen LogP contribution in [0.25, 0.3) is 0 Å². The Hall–Kier alpha value is -1.73. The van der Waals surface area contributed by atoms with Crippen molar-refractivity contribution in [2.24, 2.45) is 0 Å². The molecule has 0 aliphatic rings. The molecule has 0 aliphatic carbocycles. The highest BCUT2D eigenvalue weighted by atomic mass is 16.3. The standard InChI is InChI=1S/C38H69NO5/c1-3-5-7-8-9-10-11-15-18-21-24-27-31-36(42)38(44)35(33-40)39-37(43)32-28-25-22-19-16-13-12-14-17-20-23-26-30-34(41)29-6-4-2/h12-13,17,19-20,22,26,30,34-36,38,40-42,44H,3-11,14-16,18,21,23-25,27-29,31-33H2,1-2H3,(H,39,43)/b13-12-,20-17-,22-19-,30-26-/t34-,35+,36+,38+/m1/s1. The van der Waals surface area contributed by atoms with E-state index in [0.29, 0.717) is 19.3 Å². The molecular weight excluding hydrogens is 550 g/mol. The predicted octanol–water partition coefficient (Wildman–Crippen LogP) is 8.39. The van der Waals surface area contributed by atoms with Crippen LogP contribution in [0.3, 0.4) is 0 Å². The van der Waals surface area contributed by atoms with Crippen molar-refractivity contribution < 1.29 is 25.2 Å². The summed E-state index contributed by atoms with van der Waals surface area (Å²) in [5.41, 5.74) is 0. The number of hydrogen-bond donors (Lipinski definition) is 5. The molecule has 0 aliphatic heterocycles. The maximum absolute atomic E-state index is 12.3. The fourth-order valence-electron chi connectivity index (χ4n) is 5.11. The lowest BCUT2D eigenvalue weighted by Gasteiger charge is -2.26. The first-order valence-electron chi connectivity index (χ1n) is 18.0. The Bertz CT molecular complexity index is 748. The first-order valence-corrected chi connectivity index (χ1v) is 18.0. The van der Waals surface area contributed by atoms with Crippen molar-refractivity contribution in [3.05, 3.63) is 48.6 Å². The molecule has 0 heterocycles. The minimum Gasteiger partial charge on any atom is -0.394 e. The van der Waals surface area contributed by atoms with Crippen LogP contribution in [0.2, 0.25) is 0 Å². The number of aliphatic hydroxyl groups is 4. The fraction of sp³-hybridized carbons (Fsp3) is 0.763. The summed E-state index contributed by atoms with van der Waals surface area (Å²) in [6, 6.07) is -0.849. The molecule has 6 nitrogen and oxygen atoms in total. The van der Waals surface area contributed by atoms with Gasteiger partial charge in [-0.3, -0.25) is 4.79 Å². The quantitative estimate of drug-likeness (QED) is 0.0395. The third-order valence-electron chi connectivity index (χ3n) is 8.01. The molecule has 0 spiro atoms. The molecule has 4 atom stereocenters. The van der Waals surface area contributed by atoms with Crippen LogP contribution in [0.1, 0.15) is 155 Å². The Morgan fingerprint density at radius 3 is 1.66 bits per heavy atom. The number of carbonyl (C=O) groups is 1. The highest BCUT2D eigenvalue weighted by Crippen LogP contribution is 2.15. The molecule has 0 rings (SSSR count). The average Bonchev–Trinajstić information content (AvgIpc) is 3.02. The molecule has 1 amide bonds. The van der Waals surface area contributed by atoms with Gasteiger partial charge in [0.05, 0.1) is 24.9 Å². The zero-order valence-electron chi connectivity index (χ0n) is 28.4. The summed E-state index contributed by atoms with van der Waals surface area (Å²) >= 11 is 0. The molecule has 0 unspecified atom stereocenters. The van der Waals surface area contributed by atoms with Gasteiger partial charge in [0.15, 0.2) is 0 Å². The van der Waals surface area contributed by atoms with Crippen molar-refractivity contribution in [3.63, 3.8) is 0 Å². The number of rotatable bonds is 31. The topological polar surface area (TPSA) is 110 Å². The van der Waals surface area contributed by atoms with Crippen molar-refractivity contribution >= 4 is 5.91 Å². The van der Waals surface area contributed by atoms with Gasteiger partial charge in [-0.2, -0.15) is 0 Å². The molecule has 0 bridgehead atoms. The van der Waals surface area contributed by atoms with E-state index < -0.39 is 24.9 Å². The number of hydrogen-bond acceptors (Lipinski definition) is 5. The number of carbonyl (C=O) groups excluding carboxylic acids is 1. The van der Waals surface area contributed by atoms with E-state index in [9.17, 15) is 25.2 Å². The zero-order chi connectivity index (χ0) is 32.5. The number of aliphatic hydroxyl groups excluding tert-OH is 4. The predicted molar refractivity (Wildman–Crippen MR) is 187 cm³/mol. The molecule has 0 fully saturated rings. The summed E-state index contributed by atoms with van der Waals surface area (Å²) in [6.45, 7) is 3.97. The van der Waals surface area contributed by atoms with Crippen LogP contribution in [0, 0.1) is 0 Å². The summed E-state index contributed by atoms with van der Waals surface area (Å²) < 4.78 is 0. The molecular formula is C38H69NO5. The molecule has 0 saturated carbocycles. The van der Waals surface area contributed by atoms with Crippen LogP contribution in [0.5, 0.6) is 0 Å². The van der Waals surface area contributed by atoms with Gasteiger partial charge in [-0.15, -0.1) is 0 Å². The van der Waals surface area contributed by atoms with Gasteiger partial charge < -0.3 is 25.7 Å². The molecule has 0 aromatic carbocycles. The Morgan fingerprint density at radius 1 is 0.614 bits per heavy atom. The van der Waals surface area contributed by atoms with E-state index in [2.05, 4.69) is 55.6 Å². The minimum atomic E-state index is -1.17. The van der Waals surface area contributed by atoms with E-state index in [4.69, 9.17) is 0 Å². The van der Waals surface area contributed by atoms with Crippen LogP contribution >= 0.6 is 0 Å². The van der Waals surface area contributed by atoms with Crippen molar-refractivity contribution in [2.75, 3.05) is 6.61 Å². The van der Waals surface area contributed by atoms with E-state index in [1.54, 1.807) is 0 Å². The molecule has 44 heavy (non-hydrogen) atoms. The normalized spacial score (nSPS) is 15.1. The van der Waals surface area contributed by atoms with Gasteiger partial charge in [-0.25, -0.2) is 0 Å². The Balaban J connectivity index is 3.88. The maximum atomic E-state index is 12.3. The van der Waals surface area contributed by atoms with Crippen molar-refractivity contribution in [2.45, 2.75) is 179 Å². The van der Waals surface area contributed by atoms with Crippen molar-refractivity contribution in [1.82, 2.24) is 5.32 Å². The third kappa shape index (κ3) is 27.8. The summed E-state index contributed by atoms with van der Waals surface area (Å²) in [6.07, 6.45) is 36.8. The van der Waals surface area contributed by atoms with Gasteiger partial charge in [0, 0.05) is 6.42 Å². The second kappa shape index (κ2) is 32.7. The van der Waals surface area contributed by atoms with Crippen LogP contribution in [0.15, 0.2) is 48.6 Å². The van der Waals surface area contributed by atoms with E-state index in [-0.39, 0.29) is 12.0 Å². The highest BCUT2D eigenvalue weighted by Gasteiger charge is 2.26. The minimum absolute atomic E-state index is 0.217. The number of amides is 1. The summed E-state index contributed by atoms with van der Waals surface area (Å²) in [5.74, 6) is -0.217. The van der Waals surface area contributed by atoms with Gasteiger partial charge >= 0.3 is 0 Å². The van der Waals surface area contributed by atoms with Crippen LogP contribution in [0.4, 0.5) is 0 Å². The Morgan fingerprint density at radius 2 is 1.11 bits per heavy atom. The first kappa shape index (κ1) is 42.3. The molecule has 6 heteroatoms. The Labute approximate surface area is 270 Å². The number of allylic oxidation sites excluding steroid dienone is 7. The van der Waals surface area contributed by atoms with E-state index in [1.807, 2.05) is 12.2 Å². The van der Waals surface area contributed by atoms with E-state index in [0.717, 1.165) is 64.2 Å². The SMILES string of the molecule is CCCCCCCCCCCCCC[C@H](O)[C@@H](O)[C@H](CO)NC(=O)CCC/C=C\C/C=C\C/C=C\C/C=C\[C@H](O)CCCC. The van der Waals surface area contributed by atoms with Crippen LogP contribution in [-0.2, 0) is 4.79 Å². The van der Waals surface area contributed by atoms with Gasteiger partial charge in [-0.05, 0) is 44.9 Å². The second-order valence-corrected chi connectivity index (χ2v) is 12.2. The first-order chi connectivity index (χ1) is 21.5. The van der Waals surface area contributed by atoms with Crippen LogP contribution < -0.4 is 5.32 Å². The maximum Gasteiger partial charge on any atom is 0.220 e. The smallest absolute Gasteiger partial charge is 0.220 e. The fourth-order valence-corrected chi connectivity index (χ4v) is 5.11. The lowest BCUT2D eigenvalue weighted by atomic mass is 9.99.